The van der Waals surface area contributed by atoms with E-state index in [0.717, 1.165) is 23.8 Å². The first-order valence-electron chi connectivity index (χ1n) is 12.8. The molecule has 2 atom stereocenters. The Bertz CT molecular complexity index is 1550. The van der Waals surface area contributed by atoms with Gasteiger partial charge in [-0.25, -0.2) is 17.2 Å². The van der Waals surface area contributed by atoms with Gasteiger partial charge in [0.2, 0.25) is 10.0 Å². The quantitative estimate of drug-likeness (QED) is 0.242. The maximum Gasteiger partial charge on any atom is 0.324 e. The molecule has 2 N–H and O–H groups in total. The van der Waals surface area contributed by atoms with Crippen molar-refractivity contribution in [3.8, 4) is 0 Å². The van der Waals surface area contributed by atoms with E-state index in [4.69, 9.17) is 4.74 Å². The zero-order chi connectivity index (χ0) is 29.2. The minimum atomic E-state index is -4.80. The van der Waals surface area contributed by atoms with Crippen LogP contribution in [0.4, 0.5) is 8.78 Å². The van der Waals surface area contributed by atoms with E-state index in [1.165, 1.54) is 0 Å². The second-order valence-electron chi connectivity index (χ2n) is 9.27. The Kier molecular flexibility index (Phi) is 9.94. The van der Waals surface area contributed by atoms with Gasteiger partial charge >= 0.3 is 5.97 Å². The van der Waals surface area contributed by atoms with Crippen LogP contribution in [0.25, 0.3) is 0 Å². The van der Waals surface area contributed by atoms with E-state index in [2.05, 4.69) is 10.0 Å². The number of nitrogens with one attached hydrogen (secondary N) is 2. The molecular weight excluding hydrogens is 550 g/mol. The van der Waals surface area contributed by atoms with Gasteiger partial charge in [-0.2, -0.15) is 4.72 Å². The number of amides is 1. The highest BCUT2D eigenvalue weighted by Gasteiger charge is 2.32. The van der Waals surface area contributed by atoms with Crippen molar-refractivity contribution in [3.63, 3.8) is 0 Å². The van der Waals surface area contributed by atoms with Crippen LogP contribution in [-0.4, -0.2) is 39.0 Å². The zero-order valence-corrected chi connectivity index (χ0v) is 22.7. The van der Waals surface area contributed by atoms with Gasteiger partial charge in [-0.05, 0) is 48.2 Å². The zero-order valence-electron chi connectivity index (χ0n) is 21.9. The fourth-order valence-corrected chi connectivity index (χ4v) is 5.52. The number of rotatable bonds is 12. The van der Waals surface area contributed by atoms with Gasteiger partial charge < -0.3 is 10.1 Å². The molecule has 7 nitrogen and oxygen atoms in total. The molecule has 0 heterocycles. The lowest BCUT2D eigenvalue weighted by Gasteiger charge is -2.22. The first kappa shape index (κ1) is 29.6. The smallest absolute Gasteiger partial charge is 0.324 e. The monoisotopic (exact) mass is 578 g/mol. The maximum absolute atomic E-state index is 14.3. The summed E-state index contributed by atoms with van der Waals surface area (Å²) < 4.78 is 62.3. The highest BCUT2D eigenvalue weighted by molar-refractivity contribution is 7.89. The van der Waals surface area contributed by atoms with E-state index in [1.54, 1.807) is 60.7 Å². The summed E-state index contributed by atoms with van der Waals surface area (Å²) in [5, 5.41) is 2.86. The van der Waals surface area contributed by atoms with Gasteiger partial charge in [0, 0.05) is 5.56 Å². The predicted molar refractivity (Wildman–Crippen MR) is 149 cm³/mol. The summed E-state index contributed by atoms with van der Waals surface area (Å²) in [5.41, 5.74) is 1.88. The van der Waals surface area contributed by atoms with Crippen molar-refractivity contribution >= 4 is 21.9 Å². The molecule has 41 heavy (non-hydrogen) atoms. The van der Waals surface area contributed by atoms with Crippen molar-refractivity contribution in [1.29, 1.82) is 0 Å². The molecule has 0 bridgehead atoms. The number of ether oxygens (including phenoxy) is 1. The lowest BCUT2D eigenvalue weighted by atomic mass is 10.1. The van der Waals surface area contributed by atoms with E-state index in [-0.39, 0.29) is 18.9 Å². The number of hydrogen-bond donors (Lipinski definition) is 2. The fourth-order valence-electron chi connectivity index (χ4n) is 4.20. The van der Waals surface area contributed by atoms with Crippen molar-refractivity contribution in [1.82, 2.24) is 10.0 Å². The maximum atomic E-state index is 14.3. The van der Waals surface area contributed by atoms with Crippen molar-refractivity contribution in [2.45, 2.75) is 29.8 Å². The molecule has 10 heteroatoms. The summed E-state index contributed by atoms with van der Waals surface area (Å²) >= 11 is 0. The average molecular weight is 579 g/mol. The number of hydrogen-bond acceptors (Lipinski definition) is 5. The second kappa shape index (κ2) is 13.8. The molecule has 0 radical (unpaired) electrons. The Morgan fingerprint density at radius 2 is 1.22 bits per heavy atom. The van der Waals surface area contributed by atoms with Crippen LogP contribution in [0.5, 0.6) is 0 Å². The summed E-state index contributed by atoms with van der Waals surface area (Å²) in [6, 6.07) is 26.8. The van der Waals surface area contributed by atoms with Gasteiger partial charge in [0.1, 0.15) is 24.3 Å². The van der Waals surface area contributed by atoms with Gasteiger partial charge in [-0.15, -0.1) is 0 Å². The molecule has 0 aliphatic carbocycles. The minimum absolute atomic E-state index is 0.144. The first-order chi connectivity index (χ1) is 19.7. The minimum Gasteiger partial charge on any atom is -0.462 e. The Morgan fingerprint density at radius 3 is 1.78 bits per heavy atom. The van der Waals surface area contributed by atoms with Gasteiger partial charge in [-0.3, -0.25) is 9.59 Å². The van der Waals surface area contributed by atoms with Crippen molar-refractivity contribution < 1.29 is 31.5 Å². The lowest BCUT2D eigenvalue weighted by molar-refractivity contribution is -0.146. The molecule has 0 aliphatic rings. The normalized spacial score (nSPS) is 12.7. The standard InChI is InChI=1S/C31H28F2N2O5S/c32-26-17-10-18-27(33)29(26)41(38,39)35-28(20-23-13-6-2-7-14-23)31(37)40-21-25(19-22-11-4-1-5-12-22)34-30(36)24-15-8-3-9-16-24/h1-18,25,28,35H,19-21H2,(H,34,36)/t25-,28+/m0/s1. The number of esters is 1. The molecule has 0 fully saturated rings. The summed E-state index contributed by atoms with van der Waals surface area (Å²) in [5.74, 6) is -3.94. The third-order valence-corrected chi connectivity index (χ3v) is 7.70. The van der Waals surface area contributed by atoms with Crippen LogP contribution >= 0.6 is 0 Å². The molecule has 0 spiro atoms. The number of halogens is 2. The average Bonchev–Trinajstić information content (AvgIpc) is 2.96. The summed E-state index contributed by atoms with van der Waals surface area (Å²) in [7, 11) is -4.80. The van der Waals surface area contributed by atoms with Crippen molar-refractivity contribution in [3.05, 3.63) is 138 Å². The molecule has 0 saturated heterocycles. The number of benzene rings is 4. The van der Waals surface area contributed by atoms with Crippen LogP contribution in [0.15, 0.2) is 114 Å². The van der Waals surface area contributed by atoms with Gasteiger partial charge in [0.25, 0.3) is 5.91 Å². The summed E-state index contributed by atoms with van der Waals surface area (Å²) in [6.07, 6.45) is 0.177. The second-order valence-corrected chi connectivity index (χ2v) is 10.9. The highest BCUT2D eigenvalue weighted by atomic mass is 32.2. The molecule has 0 aromatic heterocycles. The largest absolute Gasteiger partial charge is 0.462 e. The lowest BCUT2D eigenvalue weighted by Crippen LogP contribution is -2.46. The van der Waals surface area contributed by atoms with Crippen molar-refractivity contribution in [2.75, 3.05) is 6.61 Å². The fraction of sp³-hybridized carbons (Fsp3) is 0.161. The number of sulfonamides is 1. The van der Waals surface area contributed by atoms with Crippen LogP contribution in [0.3, 0.4) is 0 Å². The van der Waals surface area contributed by atoms with E-state index in [1.807, 2.05) is 30.3 Å². The van der Waals surface area contributed by atoms with Crippen LogP contribution < -0.4 is 10.0 Å². The third kappa shape index (κ3) is 8.29. The number of carbonyl (C=O) groups excluding carboxylic acids is 2. The molecule has 212 valence electrons. The molecule has 0 aliphatic heterocycles. The molecule has 4 aromatic rings. The van der Waals surface area contributed by atoms with Gasteiger partial charge in [0.15, 0.2) is 4.90 Å². The predicted octanol–water partition coefficient (Wildman–Crippen LogP) is 4.44. The Morgan fingerprint density at radius 1 is 0.707 bits per heavy atom. The molecule has 1 amide bonds. The topological polar surface area (TPSA) is 102 Å². The Labute approximate surface area is 237 Å². The van der Waals surface area contributed by atoms with E-state index in [0.29, 0.717) is 17.5 Å². The number of carbonyl (C=O) groups is 2. The van der Waals surface area contributed by atoms with E-state index >= 15 is 0 Å². The highest BCUT2D eigenvalue weighted by Crippen LogP contribution is 2.19. The van der Waals surface area contributed by atoms with E-state index in [9.17, 15) is 26.8 Å². The molecule has 0 saturated carbocycles. The molecule has 4 aromatic carbocycles. The summed E-state index contributed by atoms with van der Waals surface area (Å²) in [6.45, 7) is -0.284. The van der Waals surface area contributed by atoms with Crippen LogP contribution in [0.1, 0.15) is 21.5 Å². The van der Waals surface area contributed by atoms with E-state index < -0.39 is 44.6 Å². The Balaban J connectivity index is 1.54. The molecule has 4 rings (SSSR count). The third-order valence-electron chi connectivity index (χ3n) is 6.18. The summed E-state index contributed by atoms with van der Waals surface area (Å²) in [4.78, 5) is 25.0. The van der Waals surface area contributed by atoms with Gasteiger partial charge in [-0.1, -0.05) is 84.9 Å². The molecule has 0 unspecified atom stereocenters. The van der Waals surface area contributed by atoms with Crippen LogP contribution in [-0.2, 0) is 32.4 Å². The van der Waals surface area contributed by atoms with Crippen LogP contribution in [0.2, 0.25) is 0 Å². The van der Waals surface area contributed by atoms with Crippen molar-refractivity contribution in [2.24, 2.45) is 0 Å². The molecular formula is C31H28F2N2O5S. The SMILES string of the molecule is O=C(N[C@H](COC(=O)[C@@H](Cc1ccccc1)NS(=O)(=O)c1c(F)cccc1F)Cc1ccccc1)c1ccccc1. The van der Waals surface area contributed by atoms with Gasteiger partial charge in [0.05, 0.1) is 6.04 Å². The van der Waals surface area contributed by atoms with Crippen LogP contribution in [0, 0.1) is 11.6 Å². The Hall–Kier alpha value is -4.41. The first-order valence-corrected chi connectivity index (χ1v) is 14.3.